The van der Waals surface area contributed by atoms with Crippen molar-refractivity contribution >= 4 is 5.91 Å². The Kier molecular flexibility index (Phi) is 5.65. The Bertz CT molecular complexity index is 188. The van der Waals surface area contributed by atoms with Gasteiger partial charge >= 0.3 is 0 Å². The van der Waals surface area contributed by atoms with E-state index in [1.165, 1.54) is 0 Å². The summed E-state index contributed by atoms with van der Waals surface area (Å²) in [4.78, 5) is 13.0. The second-order valence-electron chi connectivity index (χ2n) is 4.23. The van der Waals surface area contributed by atoms with Gasteiger partial charge in [-0.3, -0.25) is 4.79 Å². The van der Waals surface area contributed by atoms with E-state index >= 15 is 0 Å². The zero-order valence-electron chi connectivity index (χ0n) is 9.67. The second kappa shape index (κ2) is 6.80. The van der Waals surface area contributed by atoms with Gasteiger partial charge in [0.2, 0.25) is 5.91 Å². The molecule has 1 heterocycles. The number of likely N-dealkylation sites (tertiary alicyclic amines) is 1. The summed E-state index contributed by atoms with van der Waals surface area (Å²) in [6.45, 7) is 5.30. The van der Waals surface area contributed by atoms with Crippen molar-refractivity contribution < 1.29 is 4.79 Å². The third-order valence-electron chi connectivity index (χ3n) is 3.00. The van der Waals surface area contributed by atoms with E-state index in [0.29, 0.717) is 6.04 Å². The van der Waals surface area contributed by atoms with Crippen LogP contribution in [0.4, 0.5) is 0 Å². The highest BCUT2D eigenvalue weighted by Gasteiger charge is 2.19. The lowest BCUT2D eigenvalue weighted by Gasteiger charge is -2.31. The van der Waals surface area contributed by atoms with Crippen molar-refractivity contribution in [3.8, 4) is 0 Å². The molecule has 1 aliphatic rings. The van der Waals surface area contributed by atoms with Crippen molar-refractivity contribution in [1.82, 2.24) is 10.2 Å². The fourth-order valence-electron chi connectivity index (χ4n) is 1.97. The van der Waals surface area contributed by atoms with Crippen LogP contribution in [0.5, 0.6) is 0 Å². The zero-order valence-corrected chi connectivity index (χ0v) is 9.67. The van der Waals surface area contributed by atoms with Gasteiger partial charge in [-0.1, -0.05) is 0 Å². The molecule has 4 heteroatoms. The molecule has 0 spiro atoms. The Hall–Kier alpha value is -0.610. The molecule has 1 amide bonds. The average Bonchev–Trinajstić information content (AvgIpc) is 2.25. The number of piperidine rings is 1. The molecule has 1 saturated heterocycles. The van der Waals surface area contributed by atoms with E-state index in [9.17, 15) is 4.79 Å². The van der Waals surface area contributed by atoms with Crippen molar-refractivity contribution in [2.24, 2.45) is 5.73 Å². The summed E-state index contributed by atoms with van der Waals surface area (Å²) in [6, 6.07) is 0.596. The number of carbonyl (C=O) groups excluding carboxylic acids is 1. The number of hydrogen-bond donors (Lipinski definition) is 2. The van der Waals surface area contributed by atoms with Crippen LogP contribution in [0.1, 0.15) is 32.6 Å². The van der Waals surface area contributed by atoms with Crippen LogP contribution in [0, 0.1) is 0 Å². The molecule has 1 fully saturated rings. The first-order valence-corrected chi connectivity index (χ1v) is 5.93. The summed E-state index contributed by atoms with van der Waals surface area (Å²) in [6.07, 6.45) is 4.42. The number of rotatable bonds is 5. The lowest BCUT2D eigenvalue weighted by molar-refractivity contribution is -0.129. The number of unbranched alkanes of at least 4 members (excludes halogenated alkanes) is 1. The van der Waals surface area contributed by atoms with Crippen LogP contribution in [0.15, 0.2) is 0 Å². The molecule has 0 saturated carbocycles. The average molecular weight is 213 g/mol. The van der Waals surface area contributed by atoms with Gasteiger partial charge in [-0.05, 0) is 38.8 Å². The van der Waals surface area contributed by atoms with Crippen LogP contribution in [-0.4, -0.2) is 43.0 Å². The van der Waals surface area contributed by atoms with Gasteiger partial charge in [0.1, 0.15) is 0 Å². The predicted molar refractivity (Wildman–Crippen MR) is 61.6 cm³/mol. The van der Waals surface area contributed by atoms with Gasteiger partial charge in [-0.15, -0.1) is 0 Å². The summed E-state index contributed by atoms with van der Waals surface area (Å²) >= 11 is 0. The quantitative estimate of drug-likeness (QED) is 0.647. The highest BCUT2D eigenvalue weighted by molar-refractivity contribution is 5.73. The molecule has 0 radical (unpaired) electrons. The molecule has 1 aliphatic heterocycles. The molecule has 0 aromatic carbocycles. The molecule has 0 aliphatic carbocycles. The van der Waals surface area contributed by atoms with Crippen LogP contribution in [0.2, 0.25) is 0 Å². The van der Waals surface area contributed by atoms with E-state index in [-0.39, 0.29) is 5.91 Å². The second-order valence-corrected chi connectivity index (χ2v) is 4.23. The lowest BCUT2D eigenvalue weighted by atomic mass is 10.0. The molecule has 3 N–H and O–H groups in total. The third kappa shape index (κ3) is 4.62. The Morgan fingerprint density at radius 2 is 2.07 bits per heavy atom. The maximum Gasteiger partial charge on any atom is 0.219 e. The number of carbonyl (C=O) groups is 1. The van der Waals surface area contributed by atoms with Gasteiger partial charge < -0.3 is 16.0 Å². The number of nitrogens with two attached hydrogens (primary N) is 1. The summed E-state index contributed by atoms with van der Waals surface area (Å²) in [5.41, 5.74) is 5.43. The zero-order chi connectivity index (χ0) is 11.1. The largest absolute Gasteiger partial charge is 0.343 e. The molecular formula is C11H23N3O. The standard InChI is InChI=1S/C11H23N3O/c1-10(15)14-8-4-11(5-9-14)13-7-3-2-6-12/h11,13H,2-9,12H2,1H3. The number of nitrogens with zero attached hydrogens (tertiary/aromatic N) is 1. The van der Waals surface area contributed by atoms with Crippen LogP contribution in [0.3, 0.4) is 0 Å². The third-order valence-corrected chi connectivity index (χ3v) is 3.00. The molecule has 4 nitrogen and oxygen atoms in total. The van der Waals surface area contributed by atoms with Gasteiger partial charge in [0.25, 0.3) is 0 Å². The Balaban J connectivity index is 2.07. The van der Waals surface area contributed by atoms with E-state index in [4.69, 9.17) is 5.73 Å². The van der Waals surface area contributed by atoms with Crippen LogP contribution < -0.4 is 11.1 Å². The lowest BCUT2D eigenvalue weighted by Crippen LogP contribution is -2.44. The first kappa shape index (κ1) is 12.5. The molecule has 88 valence electrons. The molecule has 0 aromatic heterocycles. The molecule has 0 aromatic rings. The minimum Gasteiger partial charge on any atom is -0.343 e. The normalized spacial score (nSPS) is 18.1. The Morgan fingerprint density at radius 3 is 2.60 bits per heavy atom. The Labute approximate surface area is 92.2 Å². The van der Waals surface area contributed by atoms with E-state index in [1.807, 2.05) is 4.90 Å². The van der Waals surface area contributed by atoms with Crippen molar-refractivity contribution in [3.05, 3.63) is 0 Å². The van der Waals surface area contributed by atoms with E-state index < -0.39 is 0 Å². The highest BCUT2D eigenvalue weighted by atomic mass is 16.2. The fourth-order valence-corrected chi connectivity index (χ4v) is 1.97. The molecule has 1 rings (SSSR count). The number of hydrogen-bond acceptors (Lipinski definition) is 3. The topological polar surface area (TPSA) is 58.4 Å². The molecule has 0 bridgehead atoms. The molecule has 0 atom stereocenters. The monoisotopic (exact) mass is 213 g/mol. The van der Waals surface area contributed by atoms with E-state index in [2.05, 4.69) is 5.32 Å². The van der Waals surface area contributed by atoms with Crippen LogP contribution in [0.25, 0.3) is 0 Å². The maximum atomic E-state index is 11.1. The molecule has 15 heavy (non-hydrogen) atoms. The van der Waals surface area contributed by atoms with Crippen molar-refractivity contribution in [3.63, 3.8) is 0 Å². The van der Waals surface area contributed by atoms with Crippen LogP contribution in [-0.2, 0) is 4.79 Å². The Morgan fingerprint density at radius 1 is 1.40 bits per heavy atom. The van der Waals surface area contributed by atoms with Gasteiger partial charge in [0, 0.05) is 26.1 Å². The van der Waals surface area contributed by atoms with E-state index in [0.717, 1.165) is 51.9 Å². The first-order valence-electron chi connectivity index (χ1n) is 5.93. The minimum absolute atomic E-state index is 0.205. The van der Waals surface area contributed by atoms with Gasteiger partial charge in [-0.25, -0.2) is 0 Å². The van der Waals surface area contributed by atoms with Gasteiger partial charge in [-0.2, -0.15) is 0 Å². The van der Waals surface area contributed by atoms with Crippen molar-refractivity contribution in [2.45, 2.75) is 38.6 Å². The minimum atomic E-state index is 0.205. The van der Waals surface area contributed by atoms with Crippen LogP contribution >= 0.6 is 0 Å². The predicted octanol–water partition coefficient (Wildman–Crippen LogP) is 0.326. The summed E-state index contributed by atoms with van der Waals surface area (Å²) in [5.74, 6) is 0.205. The van der Waals surface area contributed by atoms with Crippen molar-refractivity contribution in [2.75, 3.05) is 26.2 Å². The number of amides is 1. The summed E-state index contributed by atoms with van der Waals surface area (Å²) < 4.78 is 0. The summed E-state index contributed by atoms with van der Waals surface area (Å²) in [5, 5.41) is 3.52. The highest BCUT2D eigenvalue weighted by Crippen LogP contribution is 2.10. The molecule has 0 unspecified atom stereocenters. The maximum absolute atomic E-state index is 11.1. The number of nitrogens with one attached hydrogen (secondary N) is 1. The van der Waals surface area contributed by atoms with Crippen molar-refractivity contribution in [1.29, 1.82) is 0 Å². The SMILES string of the molecule is CC(=O)N1CCC(NCCCCN)CC1. The van der Waals surface area contributed by atoms with Gasteiger partial charge in [0.05, 0.1) is 0 Å². The van der Waals surface area contributed by atoms with Gasteiger partial charge in [0.15, 0.2) is 0 Å². The fraction of sp³-hybridized carbons (Fsp3) is 0.909. The van der Waals surface area contributed by atoms with E-state index in [1.54, 1.807) is 6.92 Å². The smallest absolute Gasteiger partial charge is 0.219 e. The first-order chi connectivity index (χ1) is 7.24. The summed E-state index contributed by atoms with van der Waals surface area (Å²) in [7, 11) is 0. The molecular weight excluding hydrogens is 190 g/mol.